The lowest BCUT2D eigenvalue weighted by molar-refractivity contribution is -0.0422. The van der Waals surface area contributed by atoms with Gasteiger partial charge in [-0.15, -0.1) is 0 Å². The molecule has 0 aromatic heterocycles. The second-order valence-corrected chi connectivity index (χ2v) is 2.14. The van der Waals surface area contributed by atoms with Crippen LogP contribution in [0, 0.1) is 0 Å². The van der Waals surface area contributed by atoms with Crippen LogP contribution >= 0.6 is 0 Å². The van der Waals surface area contributed by atoms with Gasteiger partial charge < -0.3 is 9.94 Å². The van der Waals surface area contributed by atoms with E-state index in [0.29, 0.717) is 6.10 Å². The van der Waals surface area contributed by atoms with E-state index in [-0.39, 0.29) is 6.23 Å². The summed E-state index contributed by atoms with van der Waals surface area (Å²) in [5, 5.41) is 8.31. The van der Waals surface area contributed by atoms with Gasteiger partial charge in [-0.25, -0.2) is 0 Å². The Labute approximate surface area is 48.6 Å². The van der Waals surface area contributed by atoms with Crippen LogP contribution in [-0.2, 0) is 4.74 Å². The van der Waals surface area contributed by atoms with Crippen LogP contribution < -0.4 is 5.48 Å². The van der Waals surface area contributed by atoms with Crippen molar-refractivity contribution in [1.29, 1.82) is 0 Å². The summed E-state index contributed by atoms with van der Waals surface area (Å²) >= 11 is 0. The SMILES string of the molecule is CC1CCC(NO)O1. The van der Waals surface area contributed by atoms with E-state index in [1.54, 1.807) is 0 Å². The van der Waals surface area contributed by atoms with Crippen molar-refractivity contribution in [3.05, 3.63) is 0 Å². The monoisotopic (exact) mass is 117 g/mol. The molecule has 0 bridgehead atoms. The Kier molecular flexibility index (Phi) is 1.83. The van der Waals surface area contributed by atoms with Crippen molar-refractivity contribution in [1.82, 2.24) is 5.48 Å². The molecule has 0 aromatic carbocycles. The van der Waals surface area contributed by atoms with Gasteiger partial charge >= 0.3 is 0 Å². The Morgan fingerprint density at radius 2 is 2.38 bits per heavy atom. The zero-order valence-corrected chi connectivity index (χ0v) is 4.92. The number of rotatable bonds is 1. The van der Waals surface area contributed by atoms with Gasteiger partial charge in [-0.05, 0) is 19.8 Å². The predicted octanol–water partition coefficient (Wildman–Crippen LogP) is 0.490. The Bertz CT molecular complexity index is 76.8. The van der Waals surface area contributed by atoms with Crippen LogP contribution in [0.4, 0.5) is 0 Å². The average molecular weight is 117 g/mol. The molecule has 0 amide bonds. The molecule has 8 heavy (non-hydrogen) atoms. The Morgan fingerprint density at radius 3 is 2.62 bits per heavy atom. The van der Waals surface area contributed by atoms with Crippen molar-refractivity contribution in [2.24, 2.45) is 0 Å². The largest absolute Gasteiger partial charge is 0.358 e. The zero-order valence-electron chi connectivity index (χ0n) is 4.92. The van der Waals surface area contributed by atoms with Gasteiger partial charge in [0.25, 0.3) is 0 Å². The highest BCUT2D eigenvalue weighted by Gasteiger charge is 2.19. The maximum atomic E-state index is 8.31. The highest BCUT2D eigenvalue weighted by atomic mass is 16.6. The maximum absolute atomic E-state index is 8.31. The number of hydrogen-bond acceptors (Lipinski definition) is 3. The molecule has 3 nitrogen and oxygen atoms in total. The van der Waals surface area contributed by atoms with Crippen molar-refractivity contribution in [3.63, 3.8) is 0 Å². The molecule has 2 N–H and O–H groups in total. The van der Waals surface area contributed by atoms with Crippen molar-refractivity contribution in [2.45, 2.75) is 32.1 Å². The molecule has 2 atom stereocenters. The minimum Gasteiger partial charge on any atom is -0.358 e. The molecule has 3 heteroatoms. The van der Waals surface area contributed by atoms with Gasteiger partial charge in [0.1, 0.15) is 6.23 Å². The second-order valence-electron chi connectivity index (χ2n) is 2.14. The van der Waals surface area contributed by atoms with Crippen molar-refractivity contribution < 1.29 is 9.94 Å². The van der Waals surface area contributed by atoms with E-state index >= 15 is 0 Å². The first-order valence-electron chi connectivity index (χ1n) is 2.88. The number of ether oxygens (including phenoxy) is 1. The van der Waals surface area contributed by atoms with Crippen LogP contribution in [-0.4, -0.2) is 17.5 Å². The van der Waals surface area contributed by atoms with Crippen molar-refractivity contribution >= 4 is 0 Å². The third-order valence-electron chi connectivity index (χ3n) is 1.38. The topological polar surface area (TPSA) is 41.5 Å². The van der Waals surface area contributed by atoms with E-state index in [1.165, 1.54) is 0 Å². The quantitative estimate of drug-likeness (QED) is 0.491. The molecule has 2 unspecified atom stereocenters. The van der Waals surface area contributed by atoms with Crippen molar-refractivity contribution in [2.75, 3.05) is 0 Å². The van der Waals surface area contributed by atoms with Gasteiger partial charge in [0, 0.05) is 0 Å². The van der Waals surface area contributed by atoms with Gasteiger partial charge in [-0.2, -0.15) is 5.48 Å². The molecule has 1 aliphatic heterocycles. The summed E-state index contributed by atoms with van der Waals surface area (Å²) in [4.78, 5) is 0. The molecule has 0 spiro atoms. The maximum Gasteiger partial charge on any atom is 0.130 e. The lowest BCUT2D eigenvalue weighted by atomic mass is 10.2. The lowest BCUT2D eigenvalue weighted by Crippen LogP contribution is -2.24. The van der Waals surface area contributed by atoms with Gasteiger partial charge in [-0.3, -0.25) is 0 Å². The summed E-state index contributed by atoms with van der Waals surface area (Å²) < 4.78 is 5.15. The summed E-state index contributed by atoms with van der Waals surface area (Å²) in [7, 11) is 0. The normalized spacial score (nSPS) is 38.2. The average Bonchev–Trinajstić information content (AvgIpc) is 2.14. The molecule has 1 rings (SSSR count). The fourth-order valence-electron chi connectivity index (χ4n) is 0.898. The highest BCUT2D eigenvalue weighted by molar-refractivity contribution is 4.64. The molecule has 1 fully saturated rings. The first-order valence-corrected chi connectivity index (χ1v) is 2.88. The van der Waals surface area contributed by atoms with Crippen LogP contribution in [0.15, 0.2) is 0 Å². The van der Waals surface area contributed by atoms with Gasteiger partial charge in [0.05, 0.1) is 6.10 Å². The van der Waals surface area contributed by atoms with Gasteiger partial charge in [-0.1, -0.05) is 0 Å². The van der Waals surface area contributed by atoms with Crippen LogP contribution in [0.25, 0.3) is 0 Å². The summed E-state index contributed by atoms with van der Waals surface area (Å²) in [6, 6.07) is 0. The molecule has 1 heterocycles. The molecule has 48 valence electrons. The fourth-order valence-corrected chi connectivity index (χ4v) is 0.898. The molecule has 0 aromatic rings. The van der Waals surface area contributed by atoms with Crippen molar-refractivity contribution in [3.8, 4) is 0 Å². The molecule has 0 aliphatic carbocycles. The third kappa shape index (κ3) is 1.18. The third-order valence-corrected chi connectivity index (χ3v) is 1.38. The minimum absolute atomic E-state index is 0.120. The van der Waals surface area contributed by atoms with Crippen LogP contribution in [0.1, 0.15) is 19.8 Å². The summed E-state index contributed by atoms with van der Waals surface area (Å²) in [5.41, 5.74) is 2.07. The van der Waals surface area contributed by atoms with Crippen LogP contribution in [0.3, 0.4) is 0 Å². The molecule has 1 aliphatic rings. The van der Waals surface area contributed by atoms with Crippen LogP contribution in [0.5, 0.6) is 0 Å². The second kappa shape index (κ2) is 2.44. The van der Waals surface area contributed by atoms with Gasteiger partial charge in [0.2, 0.25) is 0 Å². The first-order chi connectivity index (χ1) is 3.83. The number of nitrogens with one attached hydrogen (secondary N) is 1. The van der Waals surface area contributed by atoms with Crippen LogP contribution in [0.2, 0.25) is 0 Å². The smallest absolute Gasteiger partial charge is 0.130 e. The Hall–Kier alpha value is -0.120. The van der Waals surface area contributed by atoms with E-state index in [1.807, 2.05) is 6.92 Å². The predicted molar refractivity (Wildman–Crippen MR) is 28.5 cm³/mol. The minimum atomic E-state index is -0.120. The van der Waals surface area contributed by atoms with E-state index < -0.39 is 0 Å². The van der Waals surface area contributed by atoms with Gasteiger partial charge in [0.15, 0.2) is 0 Å². The standard InChI is InChI=1S/C5H11NO2/c1-4-2-3-5(6-7)8-4/h4-7H,2-3H2,1H3. The Balaban J connectivity index is 2.22. The first kappa shape index (κ1) is 6.01. The fraction of sp³-hybridized carbons (Fsp3) is 1.00. The number of hydrogen-bond donors (Lipinski definition) is 2. The van der Waals surface area contributed by atoms with E-state index in [4.69, 9.17) is 9.94 Å². The lowest BCUT2D eigenvalue weighted by Gasteiger charge is -2.06. The highest BCUT2D eigenvalue weighted by Crippen LogP contribution is 2.15. The van der Waals surface area contributed by atoms with E-state index in [9.17, 15) is 0 Å². The molecule has 0 radical (unpaired) electrons. The Morgan fingerprint density at radius 1 is 1.62 bits per heavy atom. The zero-order chi connectivity index (χ0) is 5.98. The number of hydroxylamine groups is 1. The summed E-state index contributed by atoms with van der Waals surface area (Å²) in [6.45, 7) is 2.00. The molecular formula is C5H11NO2. The molecular weight excluding hydrogens is 106 g/mol. The van der Waals surface area contributed by atoms with E-state index in [2.05, 4.69) is 5.48 Å². The summed E-state index contributed by atoms with van der Waals surface area (Å²) in [5.74, 6) is 0. The molecule has 0 saturated carbocycles. The summed E-state index contributed by atoms with van der Waals surface area (Å²) in [6.07, 6.45) is 2.14. The molecule has 1 saturated heterocycles. The van der Waals surface area contributed by atoms with E-state index in [0.717, 1.165) is 12.8 Å².